The van der Waals surface area contributed by atoms with E-state index >= 15 is 0 Å². The van der Waals surface area contributed by atoms with Crippen molar-refractivity contribution in [2.45, 2.75) is 24.6 Å². The molecule has 18 heavy (non-hydrogen) atoms. The smallest absolute Gasteiger partial charge is 0.159 e. The summed E-state index contributed by atoms with van der Waals surface area (Å²) in [7, 11) is 0. The summed E-state index contributed by atoms with van der Waals surface area (Å²) in [4.78, 5) is 10.1. The third-order valence-electron chi connectivity index (χ3n) is 2.65. The van der Waals surface area contributed by atoms with Gasteiger partial charge in [-0.2, -0.15) is 0 Å². The minimum atomic E-state index is 0.457. The topological polar surface area (TPSA) is 25.8 Å². The zero-order valence-corrected chi connectivity index (χ0v) is 12.1. The lowest BCUT2D eigenvalue weighted by molar-refractivity contribution is 1.06. The van der Waals surface area contributed by atoms with E-state index < -0.39 is 0 Å². The Kier molecular flexibility index (Phi) is 4.61. The zero-order chi connectivity index (χ0) is 13.0. The van der Waals surface area contributed by atoms with Gasteiger partial charge in [0.05, 0.1) is 5.88 Å². The first kappa shape index (κ1) is 13.4. The van der Waals surface area contributed by atoms with E-state index in [2.05, 4.69) is 41.2 Å². The molecule has 2 rings (SSSR count). The van der Waals surface area contributed by atoms with Crippen molar-refractivity contribution in [2.24, 2.45) is 0 Å². The molecule has 94 valence electrons. The van der Waals surface area contributed by atoms with Crippen LogP contribution in [0.3, 0.4) is 0 Å². The van der Waals surface area contributed by atoms with Gasteiger partial charge in [-0.15, -0.1) is 23.4 Å². The molecule has 0 saturated heterocycles. The Morgan fingerprint density at radius 1 is 1.22 bits per heavy atom. The minimum Gasteiger partial charge on any atom is -0.236 e. The molecule has 0 aliphatic rings. The highest BCUT2D eigenvalue weighted by Crippen LogP contribution is 2.22. The van der Waals surface area contributed by atoms with Crippen LogP contribution in [0.2, 0.25) is 0 Å². The average molecular weight is 279 g/mol. The van der Waals surface area contributed by atoms with E-state index in [1.165, 1.54) is 4.90 Å². The van der Waals surface area contributed by atoms with Crippen molar-refractivity contribution in [2.75, 3.05) is 5.75 Å². The molecule has 0 saturated carbocycles. The predicted molar refractivity (Wildman–Crippen MR) is 78.2 cm³/mol. The maximum absolute atomic E-state index is 5.80. The Balaban J connectivity index is 2.28. The molecule has 0 bridgehead atoms. The van der Waals surface area contributed by atoms with Crippen molar-refractivity contribution in [3.05, 3.63) is 41.7 Å². The van der Waals surface area contributed by atoms with Gasteiger partial charge in [-0.05, 0) is 24.8 Å². The number of alkyl halides is 1. The fraction of sp³-hybridized carbons (Fsp3) is 0.286. The SMILES string of the molecule is CCSc1ccc(-c2ncc(CCl)c(C)n2)cc1. The molecule has 0 amide bonds. The molecule has 1 aromatic heterocycles. The number of aromatic nitrogens is 2. The summed E-state index contributed by atoms with van der Waals surface area (Å²) in [5, 5.41) is 0. The molecule has 0 aliphatic carbocycles. The molecule has 2 aromatic rings. The minimum absolute atomic E-state index is 0.457. The number of rotatable bonds is 4. The third-order valence-corrected chi connectivity index (χ3v) is 3.83. The quantitative estimate of drug-likeness (QED) is 0.616. The van der Waals surface area contributed by atoms with Gasteiger partial charge in [-0.3, -0.25) is 0 Å². The molecule has 1 aromatic carbocycles. The molecule has 1 heterocycles. The van der Waals surface area contributed by atoms with Crippen molar-refractivity contribution in [1.29, 1.82) is 0 Å². The van der Waals surface area contributed by atoms with Gasteiger partial charge in [0.15, 0.2) is 5.82 Å². The van der Waals surface area contributed by atoms with Crippen LogP contribution in [0.1, 0.15) is 18.2 Å². The van der Waals surface area contributed by atoms with Crippen LogP contribution in [0, 0.1) is 6.92 Å². The van der Waals surface area contributed by atoms with Gasteiger partial charge in [0.1, 0.15) is 0 Å². The number of hydrogen-bond donors (Lipinski definition) is 0. The lowest BCUT2D eigenvalue weighted by Crippen LogP contribution is -1.96. The molecule has 2 nitrogen and oxygen atoms in total. The van der Waals surface area contributed by atoms with Gasteiger partial charge < -0.3 is 0 Å². The number of aryl methyl sites for hydroxylation is 1. The van der Waals surface area contributed by atoms with Crippen LogP contribution in [0.15, 0.2) is 35.4 Å². The highest BCUT2D eigenvalue weighted by Gasteiger charge is 2.05. The highest BCUT2D eigenvalue weighted by atomic mass is 35.5. The van der Waals surface area contributed by atoms with Crippen LogP contribution in [0.25, 0.3) is 11.4 Å². The number of halogens is 1. The van der Waals surface area contributed by atoms with E-state index in [0.717, 1.165) is 28.4 Å². The predicted octanol–water partition coefficient (Wildman–Crippen LogP) is 4.30. The molecular formula is C14H15ClN2S. The summed E-state index contributed by atoms with van der Waals surface area (Å²) < 4.78 is 0. The van der Waals surface area contributed by atoms with Gasteiger partial charge >= 0.3 is 0 Å². The summed E-state index contributed by atoms with van der Waals surface area (Å²) in [5.74, 6) is 2.30. The number of nitrogens with zero attached hydrogens (tertiary/aromatic N) is 2. The molecule has 4 heteroatoms. The van der Waals surface area contributed by atoms with E-state index in [4.69, 9.17) is 11.6 Å². The molecule has 0 aliphatic heterocycles. The Morgan fingerprint density at radius 3 is 2.50 bits per heavy atom. The summed E-state index contributed by atoms with van der Waals surface area (Å²) in [5.41, 5.74) is 2.97. The largest absolute Gasteiger partial charge is 0.236 e. The highest BCUT2D eigenvalue weighted by molar-refractivity contribution is 7.99. The maximum atomic E-state index is 5.80. The van der Waals surface area contributed by atoms with E-state index in [0.29, 0.717) is 5.88 Å². The van der Waals surface area contributed by atoms with Gasteiger partial charge in [0.2, 0.25) is 0 Å². The summed E-state index contributed by atoms with van der Waals surface area (Å²) >= 11 is 7.63. The number of benzene rings is 1. The Hall–Kier alpha value is -1.06. The molecule has 0 fully saturated rings. The second kappa shape index (κ2) is 6.21. The van der Waals surface area contributed by atoms with Gasteiger partial charge in [0, 0.05) is 27.9 Å². The van der Waals surface area contributed by atoms with Gasteiger partial charge in [0.25, 0.3) is 0 Å². The van der Waals surface area contributed by atoms with Crippen molar-refractivity contribution in [1.82, 2.24) is 9.97 Å². The van der Waals surface area contributed by atoms with Crippen LogP contribution < -0.4 is 0 Å². The first-order valence-electron chi connectivity index (χ1n) is 5.86. The van der Waals surface area contributed by atoms with Crippen molar-refractivity contribution >= 4 is 23.4 Å². The van der Waals surface area contributed by atoms with Crippen molar-refractivity contribution in [3.63, 3.8) is 0 Å². The molecule has 0 spiro atoms. The fourth-order valence-corrected chi connectivity index (χ4v) is 2.55. The van der Waals surface area contributed by atoms with Crippen LogP contribution >= 0.6 is 23.4 Å². The molecule has 0 atom stereocenters. The average Bonchev–Trinajstić information content (AvgIpc) is 2.40. The fourth-order valence-electron chi connectivity index (χ4n) is 1.63. The van der Waals surface area contributed by atoms with Gasteiger partial charge in [-0.25, -0.2) is 9.97 Å². The van der Waals surface area contributed by atoms with Crippen LogP contribution in [0.5, 0.6) is 0 Å². The number of hydrogen-bond acceptors (Lipinski definition) is 3. The van der Waals surface area contributed by atoms with Crippen LogP contribution in [-0.4, -0.2) is 15.7 Å². The summed E-state index contributed by atoms with van der Waals surface area (Å²) in [6, 6.07) is 8.34. The molecule has 0 radical (unpaired) electrons. The summed E-state index contributed by atoms with van der Waals surface area (Å²) in [6.07, 6.45) is 1.80. The maximum Gasteiger partial charge on any atom is 0.159 e. The Bertz CT molecular complexity index is 526. The molecule has 0 unspecified atom stereocenters. The first-order chi connectivity index (χ1) is 8.74. The Morgan fingerprint density at radius 2 is 1.94 bits per heavy atom. The second-order valence-corrected chi connectivity index (χ2v) is 5.50. The van der Waals surface area contributed by atoms with Crippen molar-refractivity contribution in [3.8, 4) is 11.4 Å². The van der Waals surface area contributed by atoms with E-state index in [1.807, 2.05) is 18.7 Å². The number of thioether (sulfide) groups is 1. The van der Waals surface area contributed by atoms with E-state index in [1.54, 1.807) is 6.20 Å². The van der Waals surface area contributed by atoms with E-state index in [9.17, 15) is 0 Å². The lowest BCUT2D eigenvalue weighted by Gasteiger charge is -2.05. The zero-order valence-electron chi connectivity index (χ0n) is 10.5. The Labute approximate surface area is 117 Å². The third kappa shape index (κ3) is 3.03. The first-order valence-corrected chi connectivity index (χ1v) is 7.38. The van der Waals surface area contributed by atoms with Crippen molar-refractivity contribution < 1.29 is 0 Å². The van der Waals surface area contributed by atoms with Crippen LogP contribution in [-0.2, 0) is 5.88 Å². The van der Waals surface area contributed by atoms with Crippen LogP contribution in [0.4, 0.5) is 0 Å². The van der Waals surface area contributed by atoms with Gasteiger partial charge in [-0.1, -0.05) is 19.1 Å². The molecule has 0 N–H and O–H groups in total. The standard InChI is InChI=1S/C14H15ClN2S/c1-3-18-13-6-4-11(5-7-13)14-16-9-12(8-15)10(2)17-14/h4-7,9H,3,8H2,1-2H3. The van der Waals surface area contributed by atoms with E-state index in [-0.39, 0.29) is 0 Å². The second-order valence-electron chi connectivity index (χ2n) is 3.90. The molecular weight excluding hydrogens is 264 g/mol. The lowest BCUT2D eigenvalue weighted by atomic mass is 10.2. The normalized spacial score (nSPS) is 10.6. The summed E-state index contributed by atoms with van der Waals surface area (Å²) in [6.45, 7) is 4.11. The monoisotopic (exact) mass is 278 g/mol.